The van der Waals surface area contributed by atoms with Crippen molar-refractivity contribution in [2.24, 2.45) is 0 Å². The zero-order valence-electron chi connectivity index (χ0n) is 17.4. The monoisotopic (exact) mass is 396 g/mol. The normalized spacial score (nSPS) is 10.9. The van der Waals surface area contributed by atoms with Crippen molar-refractivity contribution < 1.29 is 9.53 Å². The summed E-state index contributed by atoms with van der Waals surface area (Å²) >= 11 is 0. The van der Waals surface area contributed by atoms with E-state index in [1.807, 2.05) is 74.5 Å². The minimum atomic E-state index is -0.430. The van der Waals surface area contributed by atoms with Crippen molar-refractivity contribution in [1.82, 2.24) is 0 Å². The minimum Gasteiger partial charge on any atom is -0.489 e. The van der Waals surface area contributed by atoms with E-state index in [0.29, 0.717) is 12.3 Å². The second kappa shape index (κ2) is 9.58. The van der Waals surface area contributed by atoms with Crippen LogP contribution in [0.4, 0.5) is 5.69 Å². The number of carbonyl (C=O) groups is 1. The van der Waals surface area contributed by atoms with Crippen LogP contribution in [0.2, 0.25) is 0 Å². The van der Waals surface area contributed by atoms with Gasteiger partial charge >= 0.3 is 0 Å². The van der Waals surface area contributed by atoms with E-state index >= 15 is 0 Å². The molecule has 0 heterocycles. The number of aryl methyl sites for hydroxylation is 3. The first-order valence-corrected chi connectivity index (χ1v) is 9.73. The third-order valence-corrected chi connectivity index (χ3v) is 4.85. The van der Waals surface area contributed by atoms with Gasteiger partial charge in [-0.2, -0.15) is 5.26 Å². The molecule has 0 saturated heterocycles. The molecule has 1 N–H and O–H groups in total. The third-order valence-electron chi connectivity index (χ3n) is 4.85. The average Bonchev–Trinajstić information content (AvgIpc) is 2.75. The average molecular weight is 396 g/mol. The van der Waals surface area contributed by atoms with Crippen LogP contribution in [0.3, 0.4) is 0 Å². The molecule has 3 aromatic rings. The Bertz CT molecular complexity index is 1110. The van der Waals surface area contributed by atoms with Crippen LogP contribution in [0, 0.1) is 32.1 Å². The molecule has 3 aromatic carbocycles. The molecule has 0 spiro atoms. The Morgan fingerprint density at radius 3 is 2.30 bits per heavy atom. The van der Waals surface area contributed by atoms with Crippen LogP contribution in [0.5, 0.6) is 5.75 Å². The van der Waals surface area contributed by atoms with Gasteiger partial charge in [-0.3, -0.25) is 4.79 Å². The molecule has 0 aliphatic rings. The highest BCUT2D eigenvalue weighted by Gasteiger charge is 2.10. The summed E-state index contributed by atoms with van der Waals surface area (Å²) in [5, 5.41) is 12.2. The van der Waals surface area contributed by atoms with Crippen molar-refractivity contribution in [3.8, 4) is 11.8 Å². The molecule has 4 heteroatoms. The summed E-state index contributed by atoms with van der Waals surface area (Å²) < 4.78 is 5.80. The van der Waals surface area contributed by atoms with E-state index in [0.717, 1.165) is 28.0 Å². The van der Waals surface area contributed by atoms with E-state index in [1.165, 1.54) is 5.56 Å². The maximum Gasteiger partial charge on any atom is 0.266 e. The SMILES string of the molecule is Cc1ccc(COc2ccc(C=C(C#N)C(=O)Nc3ccc(C)c(C)c3)cc2)cc1. The summed E-state index contributed by atoms with van der Waals surface area (Å²) in [7, 11) is 0. The number of benzene rings is 3. The molecular weight excluding hydrogens is 372 g/mol. The number of nitrogens with zero attached hydrogens (tertiary/aromatic N) is 1. The fraction of sp³-hybridized carbons (Fsp3) is 0.154. The number of amides is 1. The van der Waals surface area contributed by atoms with Gasteiger partial charge in [0.2, 0.25) is 0 Å². The number of anilines is 1. The van der Waals surface area contributed by atoms with Gasteiger partial charge in [-0.15, -0.1) is 0 Å². The molecule has 0 aromatic heterocycles. The quantitative estimate of drug-likeness (QED) is 0.427. The number of ether oxygens (including phenoxy) is 1. The van der Waals surface area contributed by atoms with Gasteiger partial charge < -0.3 is 10.1 Å². The van der Waals surface area contributed by atoms with Crippen LogP contribution in [-0.4, -0.2) is 5.91 Å². The van der Waals surface area contributed by atoms with Gasteiger partial charge in [0.15, 0.2) is 0 Å². The second-order valence-corrected chi connectivity index (χ2v) is 7.27. The van der Waals surface area contributed by atoms with Crippen LogP contribution in [0.25, 0.3) is 6.08 Å². The topological polar surface area (TPSA) is 62.1 Å². The first kappa shape index (κ1) is 20.9. The van der Waals surface area contributed by atoms with Gasteiger partial charge in [0.05, 0.1) is 0 Å². The van der Waals surface area contributed by atoms with Gasteiger partial charge in [-0.1, -0.05) is 48.0 Å². The number of rotatable bonds is 6. The van der Waals surface area contributed by atoms with E-state index in [2.05, 4.69) is 24.4 Å². The number of hydrogen-bond donors (Lipinski definition) is 1. The summed E-state index contributed by atoms with van der Waals surface area (Å²) in [5.74, 6) is 0.297. The van der Waals surface area contributed by atoms with Crippen LogP contribution in [0.15, 0.2) is 72.3 Å². The van der Waals surface area contributed by atoms with Crippen molar-refractivity contribution in [3.63, 3.8) is 0 Å². The number of carbonyl (C=O) groups excluding carboxylic acids is 1. The van der Waals surface area contributed by atoms with E-state index in [4.69, 9.17) is 4.74 Å². The fourth-order valence-corrected chi connectivity index (χ4v) is 2.84. The summed E-state index contributed by atoms with van der Waals surface area (Å²) in [6.07, 6.45) is 1.57. The highest BCUT2D eigenvalue weighted by molar-refractivity contribution is 6.09. The first-order chi connectivity index (χ1) is 14.4. The third kappa shape index (κ3) is 5.59. The van der Waals surface area contributed by atoms with E-state index in [1.54, 1.807) is 6.08 Å². The molecule has 30 heavy (non-hydrogen) atoms. The van der Waals surface area contributed by atoms with Crippen molar-refractivity contribution in [3.05, 3.63) is 100 Å². The molecule has 150 valence electrons. The predicted octanol–water partition coefficient (Wildman–Crippen LogP) is 5.74. The molecule has 3 rings (SSSR count). The maximum atomic E-state index is 12.5. The largest absolute Gasteiger partial charge is 0.489 e. The zero-order valence-corrected chi connectivity index (χ0v) is 17.4. The summed E-state index contributed by atoms with van der Waals surface area (Å²) in [6.45, 7) is 6.52. The summed E-state index contributed by atoms with van der Waals surface area (Å²) in [6, 6.07) is 23.1. The molecule has 0 unspecified atom stereocenters. The Balaban J connectivity index is 1.64. The molecule has 4 nitrogen and oxygen atoms in total. The molecule has 0 aliphatic carbocycles. The van der Waals surface area contributed by atoms with Crippen LogP contribution in [-0.2, 0) is 11.4 Å². The van der Waals surface area contributed by atoms with Gasteiger partial charge in [-0.05, 0) is 73.4 Å². The second-order valence-electron chi connectivity index (χ2n) is 7.27. The summed E-state index contributed by atoms with van der Waals surface area (Å²) in [4.78, 5) is 12.5. The Kier molecular flexibility index (Phi) is 6.67. The van der Waals surface area contributed by atoms with E-state index in [9.17, 15) is 10.1 Å². The Morgan fingerprint density at radius 2 is 1.67 bits per heavy atom. The molecule has 0 aliphatic heterocycles. The zero-order chi connectivity index (χ0) is 21.5. The maximum absolute atomic E-state index is 12.5. The minimum absolute atomic E-state index is 0.0431. The highest BCUT2D eigenvalue weighted by Crippen LogP contribution is 2.18. The standard InChI is InChI=1S/C26H24N2O2/c1-18-4-7-22(8-5-18)17-30-25-12-9-21(10-13-25)15-23(16-27)26(29)28-24-11-6-19(2)20(3)14-24/h4-15H,17H2,1-3H3,(H,28,29). The number of nitrogens with one attached hydrogen (secondary N) is 1. The Labute approximate surface area is 177 Å². The van der Waals surface area contributed by atoms with Crippen molar-refractivity contribution >= 4 is 17.7 Å². The molecule has 1 amide bonds. The van der Waals surface area contributed by atoms with E-state index in [-0.39, 0.29) is 5.57 Å². The van der Waals surface area contributed by atoms with Gasteiger partial charge in [0, 0.05) is 5.69 Å². The van der Waals surface area contributed by atoms with Gasteiger partial charge in [0.1, 0.15) is 24.0 Å². The first-order valence-electron chi connectivity index (χ1n) is 9.73. The lowest BCUT2D eigenvalue weighted by atomic mass is 10.1. The molecular formula is C26H24N2O2. The molecule has 0 bridgehead atoms. The fourth-order valence-electron chi connectivity index (χ4n) is 2.84. The molecule has 0 fully saturated rings. The van der Waals surface area contributed by atoms with Crippen molar-refractivity contribution in [1.29, 1.82) is 5.26 Å². The number of hydrogen-bond acceptors (Lipinski definition) is 3. The van der Waals surface area contributed by atoms with Gasteiger partial charge in [-0.25, -0.2) is 0 Å². The van der Waals surface area contributed by atoms with E-state index < -0.39 is 5.91 Å². The highest BCUT2D eigenvalue weighted by atomic mass is 16.5. The Morgan fingerprint density at radius 1 is 0.967 bits per heavy atom. The van der Waals surface area contributed by atoms with Crippen molar-refractivity contribution in [2.45, 2.75) is 27.4 Å². The van der Waals surface area contributed by atoms with Crippen LogP contribution in [0.1, 0.15) is 27.8 Å². The van der Waals surface area contributed by atoms with Gasteiger partial charge in [0.25, 0.3) is 5.91 Å². The summed E-state index contributed by atoms with van der Waals surface area (Å²) in [5.41, 5.74) is 6.00. The Hall–Kier alpha value is -3.84. The van der Waals surface area contributed by atoms with Crippen molar-refractivity contribution in [2.75, 3.05) is 5.32 Å². The predicted molar refractivity (Wildman–Crippen MR) is 120 cm³/mol. The molecule has 0 atom stereocenters. The molecule has 0 radical (unpaired) electrons. The lowest BCUT2D eigenvalue weighted by Gasteiger charge is -2.08. The van der Waals surface area contributed by atoms with Crippen LogP contribution < -0.4 is 10.1 Å². The number of nitriles is 1. The smallest absolute Gasteiger partial charge is 0.266 e. The van der Waals surface area contributed by atoms with Crippen LogP contribution >= 0.6 is 0 Å². The lowest BCUT2D eigenvalue weighted by molar-refractivity contribution is -0.112. The lowest BCUT2D eigenvalue weighted by Crippen LogP contribution is -2.13. The molecule has 0 saturated carbocycles.